The molecule has 0 saturated heterocycles. The molecule has 6 nitrogen and oxygen atoms in total. The molecule has 3 aromatic rings. The van der Waals surface area contributed by atoms with E-state index in [2.05, 4.69) is 5.16 Å². The molecule has 0 saturated carbocycles. The van der Waals surface area contributed by atoms with Crippen LogP contribution in [0.2, 0.25) is 5.02 Å². The molecule has 1 heterocycles. The molecule has 1 aromatic heterocycles. The highest BCUT2D eigenvalue weighted by Gasteiger charge is 2.20. The van der Waals surface area contributed by atoms with Gasteiger partial charge in [0.1, 0.15) is 34.1 Å². The molecule has 0 spiro atoms. The van der Waals surface area contributed by atoms with E-state index in [-0.39, 0.29) is 34.0 Å². The maximum atomic E-state index is 14.5. The van der Waals surface area contributed by atoms with Crippen LogP contribution in [0.15, 0.2) is 34.9 Å². The molecule has 8 heteroatoms. The number of fused-ring (bicyclic) bond motifs is 1. The highest BCUT2D eigenvalue weighted by atomic mass is 35.5. The quantitative estimate of drug-likeness (QED) is 0.610. The number of aliphatic carboxylic acids is 1. The Kier molecular flexibility index (Phi) is 5.51. The standard InChI is InChI=1S/C19H17ClFNO5/c1-3-14(19(23)24)26-15-8-7-12-17(22-27-18(12)16(15)20)11-6-5-10(25-4-2)9-13(11)21/h5-9,14H,3-4H2,1-2H3,(H,23,24)/p-1. The lowest BCUT2D eigenvalue weighted by atomic mass is 10.1. The second-order valence-corrected chi connectivity index (χ2v) is 6.07. The van der Waals surface area contributed by atoms with Gasteiger partial charge in [-0.2, -0.15) is 0 Å². The van der Waals surface area contributed by atoms with Crippen LogP contribution in [-0.4, -0.2) is 23.8 Å². The number of ether oxygens (including phenoxy) is 2. The second kappa shape index (κ2) is 7.84. The SMILES string of the molecule is CCOc1ccc(-c2noc3c(Cl)c(OC(CC)C(=O)[O-])ccc23)c(F)c1. The third kappa shape index (κ3) is 3.68. The minimum atomic E-state index is -1.34. The monoisotopic (exact) mass is 392 g/mol. The van der Waals surface area contributed by atoms with E-state index >= 15 is 0 Å². The van der Waals surface area contributed by atoms with Crippen LogP contribution in [0.3, 0.4) is 0 Å². The van der Waals surface area contributed by atoms with E-state index in [9.17, 15) is 14.3 Å². The number of hydrogen-bond acceptors (Lipinski definition) is 6. The maximum absolute atomic E-state index is 14.5. The van der Waals surface area contributed by atoms with Crippen LogP contribution >= 0.6 is 11.6 Å². The normalized spacial score (nSPS) is 12.1. The number of hydrogen-bond donors (Lipinski definition) is 0. The highest BCUT2D eigenvalue weighted by molar-refractivity contribution is 6.36. The maximum Gasteiger partial charge on any atom is 0.189 e. The zero-order valence-electron chi connectivity index (χ0n) is 14.6. The van der Waals surface area contributed by atoms with Gasteiger partial charge in [0.15, 0.2) is 5.58 Å². The van der Waals surface area contributed by atoms with Crippen LogP contribution in [0, 0.1) is 5.82 Å². The van der Waals surface area contributed by atoms with Crippen LogP contribution < -0.4 is 14.6 Å². The molecule has 0 aliphatic carbocycles. The zero-order chi connectivity index (χ0) is 19.6. The van der Waals surface area contributed by atoms with Gasteiger partial charge in [0.2, 0.25) is 0 Å². The summed E-state index contributed by atoms with van der Waals surface area (Å²) in [4.78, 5) is 11.0. The van der Waals surface area contributed by atoms with Crippen LogP contribution in [0.4, 0.5) is 4.39 Å². The lowest BCUT2D eigenvalue weighted by Gasteiger charge is -2.18. The summed E-state index contributed by atoms with van der Waals surface area (Å²) in [5.74, 6) is -1.33. The van der Waals surface area contributed by atoms with Crippen molar-refractivity contribution in [3.05, 3.63) is 41.2 Å². The number of halogens is 2. The van der Waals surface area contributed by atoms with E-state index < -0.39 is 17.9 Å². The van der Waals surface area contributed by atoms with E-state index in [0.29, 0.717) is 17.7 Å². The molecule has 0 aliphatic rings. The summed E-state index contributed by atoms with van der Waals surface area (Å²) in [6, 6.07) is 7.51. The molecular formula is C19H16ClFNO5-. The number of carbonyl (C=O) groups is 1. The van der Waals surface area contributed by atoms with Gasteiger partial charge in [-0.1, -0.05) is 23.7 Å². The molecule has 0 bridgehead atoms. The van der Waals surface area contributed by atoms with Gasteiger partial charge < -0.3 is 23.9 Å². The summed E-state index contributed by atoms with van der Waals surface area (Å²) in [7, 11) is 0. The Morgan fingerprint density at radius 2 is 2.11 bits per heavy atom. The van der Waals surface area contributed by atoms with Crippen molar-refractivity contribution < 1.29 is 28.3 Å². The van der Waals surface area contributed by atoms with Crippen molar-refractivity contribution in [1.82, 2.24) is 5.16 Å². The zero-order valence-corrected chi connectivity index (χ0v) is 15.4. The van der Waals surface area contributed by atoms with Crippen molar-refractivity contribution in [2.45, 2.75) is 26.4 Å². The van der Waals surface area contributed by atoms with Crippen molar-refractivity contribution >= 4 is 28.5 Å². The molecule has 0 radical (unpaired) electrons. The number of rotatable bonds is 7. The van der Waals surface area contributed by atoms with E-state index in [0.717, 1.165) is 0 Å². The van der Waals surface area contributed by atoms with Gasteiger partial charge in [0.05, 0.1) is 18.0 Å². The summed E-state index contributed by atoms with van der Waals surface area (Å²) in [6.07, 6.45) is -0.943. The number of carboxylic acids is 1. The Morgan fingerprint density at radius 1 is 1.33 bits per heavy atom. The predicted molar refractivity (Wildman–Crippen MR) is 95.3 cm³/mol. The lowest BCUT2D eigenvalue weighted by molar-refractivity contribution is -0.313. The van der Waals surface area contributed by atoms with Gasteiger partial charge >= 0.3 is 0 Å². The van der Waals surface area contributed by atoms with Crippen molar-refractivity contribution in [3.8, 4) is 22.8 Å². The first-order valence-corrected chi connectivity index (χ1v) is 8.72. The average molecular weight is 393 g/mol. The van der Waals surface area contributed by atoms with Crippen molar-refractivity contribution in [2.24, 2.45) is 0 Å². The Labute approximate surface area is 159 Å². The van der Waals surface area contributed by atoms with Crippen LogP contribution in [0.1, 0.15) is 20.3 Å². The van der Waals surface area contributed by atoms with Gasteiger partial charge in [-0.05, 0) is 37.6 Å². The van der Waals surface area contributed by atoms with Crippen LogP contribution in [0.5, 0.6) is 11.5 Å². The Hall–Kier alpha value is -2.80. The van der Waals surface area contributed by atoms with Crippen molar-refractivity contribution in [1.29, 1.82) is 0 Å². The van der Waals surface area contributed by atoms with Gasteiger partial charge in [-0.25, -0.2) is 4.39 Å². The number of carboxylic acid groups (broad SMARTS) is 1. The lowest BCUT2D eigenvalue weighted by Crippen LogP contribution is -2.39. The minimum Gasteiger partial charge on any atom is -0.546 e. The Bertz CT molecular complexity index is 988. The number of nitrogens with zero attached hydrogens (tertiary/aromatic N) is 1. The van der Waals surface area contributed by atoms with Crippen molar-refractivity contribution in [3.63, 3.8) is 0 Å². The fourth-order valence-electron chi connectivity index (χ4n) is 2.64. The second-order valence-electron chi connectivity index (χ2n) is 5.69. The molecule has 0 N–H and O–H groups in total. The molecule has 2 aromatic carbocycles. The highest BCUT2D eigenvalue weighted by Crippen LogP contribution is 2.39. The third-order valence-electron chi connectivity index (χ3n) is 3.95. The molecule has 1 atom stereocenters. The minimum absolute atomic E-state index is 0.0531. The Morgan fingerprint density at radius 3 is 2.74 bits per heavy atom. The van der Waals surface area contributed by atoms with E-state index in [4.69, 9.17) is 25.6 Å². The smallest absolute Gasteiger partial charge is 0.189 e. The molecular weight excluding hydrogens is 377 g/mol. The molecule has 142 valence electrons. The number of aromatic nitrogens is 1. The summed E-state index contributed by atoms with van der Waals surface area (Å²) >= 11 is 6.27. The molecule has 1 unspecified atom stereocenters. The molecule has 27 heavy (non-hydrogen) atoms. The topological polar surface area (TPSA) is 84.6 Å². The van der Waals surface area contributed by atoms with E-state index in [1.807, 2.05) is 6.92 Å². The summed E-state index contributed by atoms with van der Waals surface area (Å²) in [5, 5.41) is 15.5. The first-order chi connectivity index (χ1) is 13.0. The molecule has 3 rings (SSSR count). The Balaban J connectivity index is 2.01. The number of benzene rings is 2. The predicted octanol–water partition coefficient (Wildman–Crippen LogP) is 3.59. The van der Waals surface area contributed by atoms with Gasteiger partial charge in [0.25, 0.3) is 0 Å². The van der Waals surface area contributed by atoms with E-state index in [1.54, 1.807) is 25.1 Å². The van der Waals surface area contributed by atoms with Gasteiger partial charge in [-0.3, -0.25) is 0 Å². The first kappa shape index (κ1) is 19.0. The fourth-order valence-corrected chi connectivity index (χ4v) is 2.88. The third-order valence-corrected chi connectivity index (χ3v) is 4.31. The fraction of sp³-hybridized carbons (Fsp3) is 0.263. The molecule has 0 amide bonds. The number of carbonyl (C=O) groups excluding carboxylic acids is 1. The van der Waals surface area contributed by atoms with E-state index in [1.165, 1.54) is 12.1 Å². The summed E-state index contributed by atoms with van der Waals surface area (Å²) in [6.45, 7) is 3.88. The van der Waals surface area contributed by atoms with Crippen molar-refractivity contribution in [2.75, 3.05) is 6.61 Å². The van der Waals surface area contributed by atoms with Crippen LogP contribution in [0.25, 0.3) is 22.2 Å². The van der Waals surface area contributed by atoms with Crippen LogP contribution in [-0.2, 0) is 4.79 Å². The summed E-state index contributed by atoms with van der Waals surface area (Å²) in [5.41, 5.74) is 0.666. The molecule has 0 fully saturated rings. The van der Waals surface area contributed by atoms with Gasteiger partial charge in [0, 0.05) is 11.6 Å². The first-order valence-electron chi connectivity index (χ1n) is 8.34. The molecule has 0 aliphatic heterocycles. The average Bonchev–Trinajstić information content (AvgIpc) is 3.06. The largest absolute Gasteiger partial charge is 0.546 e. The van der Waals surface area contributed by atoms with Gasteiger partial charge in [-0.15, -0.1) is 0 Å². The summed E-state index contributed by atoms with van der Waals surface area (Å²) < 4.78 is 30.4.